The van der Waals surface area contributed by atoms with Crippen LogP contribution in [0.5, 0.6) is 5.75 Å². The first-order valence-corrected chi connectivity index (χ1v) is 6.40. The standard InChI is InChI=1S/C12H15BrN2O5/c1-19-9-4-7(13)3-8(5-9)15-12(18)14-6-10(20-2)11(16)17/h3-5,10H,6H2,1-2H3,(H,16,17)(H2,14,15,18). The van der Waals surface area contributed by atoms with Gasteiger partial charge >= 0.3 is 12.0 Å². The molecule has 0 fully saturated rings. The van der Waals surface area contributed by atoms with Crippen LogP contribution in [0.15, 0.2) is 22.7 Å². The summed E-state index contributed by atoms with van der Waals surface area (Å²) in [5, 5.41) is 13.7. The number of carbonyl (C=O) groups is 2. The molecule has 0 saturated heterocycles. The van der Waals surface area contributed by atoms with Crippen LogP contribution in [0.1, 0.15) is 0 Å². The maximum Gasteiger partial charge on any atom is 0.334 e. The molecule has 20 heavy (non-hydrogen) atoms. The summed E-state index contributed by atoms with van der Waals surface area (Å²) in [6.45, 7) is -0.136. The van der Waals surface area contributed by atoms with Gasteiger partial charge in [0.2, 0.25) is 0 Å². The Bertz CT molecular complexity index is 495. The van der Waals surface area contributed by atoms with Gasteiger partial charge in [0.05, 0.1) is 13.7 Å². The van der Waals surface area contributed by atoms with Gasteiger partial charge in [0, 0.05) is 23.3 Å². The van der Waals surface area contributed by atoms with Crippen molar-refractivity contribution in [2.24, 2.45) is 0 Å². The molecule has 0 aliphatic carbocycles. The van der Waals surface area contributed by atoms with Crippen LogP contribution >= 0.6 is 15.9 Å². The first-order valence-electron chi connectivity index (χ1n) is 5.61. The van der Waals surface area contributed by atoms with E-state index in [4.69, 9.17) is 14.6 Å². The van der Waals surface area contributed by atoms with Crippen molar-refractivity contribution >= 4 is 33.6 Å². The van der Waals surface area contributed by atoms with Crippen LogP contribution in [-0.2, 0) is 9.53 Å². The van der Waals surface area contributed by atoms with Gasteiger partial charge in [-0.05, 0) is 12.1 Å². The summed E-state index contributed by atoms with van der Waals surface area (Å²) in [6.07, 6.45) is -1.09. The number of carboxylic acid groups (broad SMARTS) is 1. The number of halogens is 1. The summed E-state index contributed by atoms with van der Waals surface area (Å²) < 4.78 is 10.5. The predicted molar refractivity (Wildman–Crippen MR) is 76.1 cm³/mol. The fraction of sp³-hybridized carbons (Fsp3) is 0.333. The summed E-state index contributed by atoms with van der Waals surface area (Å²) in [5.74, 6) is -0.563. The number of methoxy groups -OCH3 is 2. The molecule has 0 aromatic heterocycles. The van der Waals surface area contributed by atoms with Crippen molar-refractivity contribution in [3.8, 4) is 5.75 Å². The van der Waals surface area contributed by atoms with E-state index in [-0.39, 0.29) is 6.54 Å². The Hall–Kier alpha value is -1.80. The number of nitrogens with one attached hydrogen (secondary N) is 2. The number of carboxylic acids is 1. The average molecular weight is 347 g/mol. The normalized spacial score (nSPS) is 11.6. The molecule has 7 nitrogen and oxygen atoms in total. The molecule has 0 saturated carbocycles. The number of aliphatic carboxylic acids is 1. The Labute approximate surface area is 124 Å². The summed E-state index contributed by atoms with van der Waals surface area (Å²) in [6, 6.07) is 4.53. The minimum atomic E-state index is -1.14. The van der Waals surface area contributed by atoms with Gasteiger partial charge in [-0.1, -0.05) is 15.9 Å². The van der Waals surface area contributed by atoms with Crippen LogP contribution in [0.25, 0.3) is 0 Å². The molecule has 0 spiro atoms. The third-order valence-electron chi connectivity index (χ3n) is 2.37. The SMILES string of the molecule is COc1cc(Br)cc(NC(=O)NCC(OC)C(=O)O)c1. The molecule has 0 aliphatic rings. The zero-order chi connectivity index (χ0) is 15.1. The van der Waals surface area contributed by atoms with E-state index in [0.717, 1.165) is 4.47 Å². The van der Waals surface area contributed by atoms with Crippen LogP contribution < -0.4 is 15.4 Å². The summed E-state index contributed by atoms with van der Waals surface area (Å²) in [7, 11) is 2.78. The van der Waals surface area contributed by atoms with E-state index in [1.54, 1.807) is 18.2 Å². The molecule has 2 amide bonds. The minimum absolute atomic E-state index is 0.136. The molecule has 1 rings (SSSR count). The Kier molecular flexibility index (Phi) is 6.26. The Balaban J connectivity index is 2.58. The lowest BCUT2D eigenvalue weighted by Gasteiger charge is -2.13. The topological polar surface area (TPSA) is 96.9 Å². The molecular weight excluding hydrogens is 332 g/mol. The van der Waals surface area contributed by atoms with Gasteiger partial charge in [-0.3, -0.25) is 0 Å². The van der Waals surface area contributed by atoms with Gasteiger partial charge in [0.25, 0.3) is 0 Å². The molecule has 0 radical (unpaired) electrons. The summed E-state index contributed by atoms with van der Waals surface area (Å²) in [5.41, 5.74) is 0.512. The number of carbonyl (C=O) groups excluding carboxylic acids is 1. The second-order valence-electron chi connectivity index (χ2n) is 3.78. The molecule has 0 aliphatic heterocycles. The number of urea groups is 1. The van der Waals surface area contributed by atoms with Crippen molar-refractivity contribution in [2.75, 3.05) is 26.1 Å². The number of amides is 2. The zero-order valence-electron chi connectivity index (χ0n) is 11.0. The number of ether oxygens (including phenoxy) is 2. The molecule has 3 N–H and O–H groups in total. The molecule has 1 aromatic rings. The first-order chi connectivity index (χ1) is 9.46. The lowest BCUT2D eigenvalue weighted by atomic mass is 10.3. The van der Waals surface area contributed by atoms with Gasteiger partial charge in [0.1, 0.15) is 5.75 Å². The highest BCUT2D eigenvalue weighted by atomic mass is 79.9. The van der Waals surface area contributed by atoms with Crippen LogP contribution in [0, 0.1) is 0 Å². The van der Waals surface area contributed by atoms with Crippen LogP contribution in [0.2, 0.25) is 0 Å². The lowest BCUT2D eigenvalue weighted by molar-refractivity contribution is -0.147. The minimum Gasteiger partial charge on any atom is -0.497 e. The molecule has 0 bridgehead atoms. The number of benzene rings is 1. The molecule has 0 heterocycles. The summed E-state index contributed by atoms with van der Waals surface area (Å²) in [4.78, 5) is 22.3. The third-order valence-corrected chi connectivity index (χ3v) is 2.83. The Morgan fingerprint density at radius 2 is 2.05 bits per heavy atom. The van der Waals surface area contributed by atoms with E-state index >= 15 is 0 Å². The zero-order valence-corrected chi connectivity index (χ0v) is 12.6. The maximum atomic E-state index is 11.6. The van der Waals surface area contributed by atoms with Crippen molar-refractivity contribution in [1.29, 1.82) is 0 Å². The summed E-state index contributed by atoms with van der Waals surface area (Å²) >= 11 is 3.29. The second kappa shape index (κ2) is 7.71. The monoisotopic (exact) mass is 346 g/mol. The number of anilines is 1. The van der Waals surface area contributed by atoms with Crippen LogP contribution in [0.3, 0.4) is 0 Å². The third kappa shape index (κ3) is 5.06. The Morgan fingerprint density at radius 3 is 2.60 bits per heavy atom. The molecule has 1 aromatic carbocycles. The highest BCUT2D eigenvalue weighted by Gasteiger charge is 2.17. The molecule has 1 unspecified atom stereocenters. The molecule has 110 valence electrons. The highest BCUT2D eigenvalue weighted by molar-refractivity contribution is 9.10. The maximum absolute atomic E-state index is 11.6. The van der Waals surface area contributed by atoms with E-state index in [1.807, 2.05) is 0 Å². The quantitative estimate of drug-likeness (QED) is 0.728. The molecule has 8 heteroatoms. The van der Waals surface area contributed by atoms with Crippen molar-refractivity contribution in [2.45, 2.75) is 6.10 Å². The molecule has 1 atom stereocenters. The second-order valence-corrected chi connectivity index (χ2v) is 4.69. The number of hydrogen-bond acceptors (Lipinski definition) is 4. The average Bonchev–Trinajstić information content (AvgIpc) is 2.38. The van der Waals surface area contributed by atoms with Crippen molar-refractivity contribution in [1.82, 2.24) is 5.32 Å². The number of hydrogen-bond donors (Lipinski definition) is 3. The van der Waals surface area contributed by atoms with E-state index < -0.39 is 18.1 Å². The van der Waals surface area contributed by atoms with Gasteiger partial charge in [-0.15, -0.1) is 0 Å². The largest absolute Gasteiger partial charge is 0.497 e. The van der Waals surface area contributed by atoms with E-state index in [9.17, 15) is 9.59 Å². The van der Waals surface area contributed by atoms with Gasteiger partial charge in [-0.2, -0.15) is 0 Å². The van der Waals surface area contributed by atoms with Gasteiger partial charge < -0.3 is 25.2 Å². The fourth-order valence-electron chi connectivity index (χ4n) is 1.38. The number of rotatable bonds is 6. The van der Waals surface area contributed by atoms with Gasteiger partial charge in [-0.25, -0.2) is 9.59 Å². The molecular formula is C12H15BrN2O5. The fourth-order valence-corrected chi connectivity index (χ4v) is 1.86. The predicted octanol–water partition coefficient (Wildman–Crippen LogP) is 1.68. The van der Waals surface area contributed by atoms with E-state index in [1.165, 1.54) is 14.2 Å². The van der Waals surface area contributed by atoms with Crippen molar-refractivity contribution in [3.05, 3.63) is 22.7 Å². The van der Waals surface area contributed by atoms with Crippen LogP contribution in [0.4, 0.5) is 10.5 Å². The van der Waals surface area contributed by atoms with E-state index in [2.05, 4.69) is 26.6 Å². The van der Waals surface area contributed by atoms with Crippen molar-refractivity contribution in [3.63, 3.8) is 0 Å². The lowest BCUT2D eigenvalue weighted by Crippen LogP contribution is -2.39. The van der Waals surface area contributed by atoms with Gasteiger partial charge in [0.15, 0.2) is 6.10 Å². The smallest absolute Gasteiger partial charge is 0.334 e. The highest BCUT2D eigenvalue weighted by Crippen LogP contribution is 2.24. The Morgan fingerprint density at radius 1 is 1.35 bits per heavy atom. The van der Waals surface area contributed by atoms with Crippen LogP contribution in [-0.4, -0.2) is 44.0 Å². The van der Waals surface area contributed by atoms with Crippen molar-refractivity contribution < 1.29 is 24.2 Å². The first kappa shape index (κ1) is 16.3. The van der Waals surface area contributed by atoms with E-state index in [0.29, 0.717) is 11.4 Å².